The molecule has 0 aliphatic rings. The first-order valence-electron chi connectivity index (χ1n) is 6.61. The van der Waals surface area contributed by atoms with Gasteiger partial charge in [0.15, 0.2) is 0 Å². The van der Waals surface area contributed by atoms with Crippen LogP contribution in [-0.4, -0.2) is 11.0 Å². The molecule has 0 aliphatic carbocycles. The number of anilines is 1. The largest absolute Gasteiger partial charge is 0.383 e. The minimum Gasteiger partial charge on any atom is -0.383 e. The van der Waals surface area contributed by atoms with Gasteiger partial charge in [0, 0.05) is 28.8 Å². The molecule has 17 heavy (non-hydrogen) atoms. The number of rotatable bonds is 5. The lowest BCUT2D eigenvalue weighted by Crippen LogP contribution is -2.13. The number of aromatic amines is 1. The van der Waals surface area contributed by atoms with Crippen LogP contribution in [0.5, 0.6) is 0 Å². The maximum absolute atomic E-state index is 3.56. The number of aryl methyl sites for hydroxylation is 1. The standard InChI is InChI=1S/C15H22N2/c1-4-6-12-9-14(17-11(3)5-2)10-13-7-8-16-15(12)13/h7-11,16-17H,4-6H2,1-3H3. The highest BCUT2D eigenvalue weighted by atomic mass is 14.9. The topological polar surface area (TPSA) is 27.8 Å². The summed E-state index contributed by atoms with van der Waals surface area (Å²) in [5, 5.41) is 4.87. The summed E-state index contributed by atoms with van der Waals surface area (Å²) in [5.74, 6) is 0. The van der Waals surface area contributed by atoms with Gasteiger partial charge in [-0.2, -0.15) is 0 Å². The number of benzene rings is 1. The summed E-state index contributed by atoms with van der Waals surface area (Å²) in [6, 6.07) is 7.20. The molecule has 0 aliphatic heterocycles. The zero-order valence-electron chi connectivity index (χ0n) is 11.0. The van der Waals surface area contributed by atoms with Gasteiger partial charge in [-0.25, -0.2) is 0 Å². The molecule has 2 aromatic rings. The van der Waals surface area contributed by atoms with E-state index in [1.54, 1.807) is 0 Å². The quantitative estimate of drug-likeness (QED) is 0.786. The first-order valence-corrected chi connectivity index (χ1v) is 6.61. The average Bonchev–Trinajstić information content (AvgIpc) is 2.77. The van der Waals surface area contributed by atoms with E-state index in [0.717, 1.165) is 12.8 Å². The van der Waals surface area contributed by atoms with Gasteiger partial charge < -0.3 is 10.3 Å². The number of H-pyrrole nitrogens is 1. The van der Waals surface area contributed by atoms with Gasteiger partial charge in [0.25, 0.3) is 0 Å². The summed E-state index contributed by atoms with van der Waals surface area (Å²) in [6.45, 7) is 6.66. The predicted molar refractivity (Wildman–Crippen MR) is 75.7 cm³/mol. The highest BCUT2D eigenvalue weighted by Gasteiger charge is 2.06. The van der Waals surface area contributed by atoms with Crippen LogP contribution < -0.4 is 5.32 Å². The van der Waals surface area contributed by atoms with Gasteiger partial charge in [0.1, 0.15) is 0 Å². The summed E-state index contributed by atoms with van der Waals surface area (Å²) in [6.07, 6.45) is 5.49. The van der Waals surface area contributed by atoms with Crippen LogP contribution >= 0.6 is 0 Å². The van der Waals surface area contributed by atoms with Crippen molar-refractivity contribution in [3.63, 3.8) is 0 Å². The van der Waals surface area contributed by atoms with Crippen LogP contribution in [0.4, 0.5) is 5.69 Å². The molecule has 2 N–H and O–H groups in total. The molecule has 0 saturated carbocycles. The van der Waals surface area contributed by atoms with E-state index in [-0.39, 0.29) is 0 Å². The third-order valence-electron chi connectivity index (χ3n) is 3.29. The summed E-state index contributed by atoms with van der Waals surface area (Å²) in [5.41, 5.74) is 3.96. The molecule has 1 unspecified atom stereocenters. The molecule has 0 spiro atoms. The van der Waals surface area contributed by atoms with Gasteiger partial charge >= 0.3 is 0 Å². The Morgan fingerprint density at radius 1 is 1.29 bits per heavy atom. The van der Waals surface area contributed by atoms with Crippen molar-refractivity contribution in [3.8, 4) is 0 Å². The molecule has 1 aromatic heterocycles. The average molecular weight is 230 g/mol. The van der Waals surface area contributed by atoms with Gasteiger partial charge in [-0.1, -0.05) is 20.3 Å². The highest BCUT2D eigenvalue weighted by Crippen LogP contribution is 2.24. The van der Waals surface area contributed by atoms with E-state index in [2.05, 4.69) is 49.3 Å². The van der Waals surface area contributed by atoms with Crippen LogP contribution in [0.3, 0.4) is 0 Å². The molecule has 0 fully saturated rings. The molecule has 0 radical (unpaired) electrons. The molecular weight excluding hydrogens is 208 g/mol. The summed E-state index contributed by atoms with van der Waals surface area (Å²) >= 11 is 0. The second kappa shape index (κ2) is 5.26. The van der Waals surface area contributed by atoms with Crippen molar-refractivity contribution in [2.24, 2.45) is 0 Å². The van der Waals surface area contributed by atoms with E-state index in [1.165, 1.54) is 28.6 Å². The molecule has 2 rings (SSSR count). The molecule has 92 valence electrons. The normalized spacial score (nSPS) is 12.9. The fraction of sp³-hybridized carbons (Fsp3) is 0.467. The summed E-state index contributed by atoms with van der Waals surface area (Å²) in [4.78, 5) is 3.34. The molecule has 0 saturated heterocycles. The smallest absolute Gasteiger partial charge is 0.0487 e. The molecule has 0 bridgehead atoms. The maximum atomic E-state index is 3.56. The number of fused-ring (bicyclic) bond motifs is 1. The SMILES string of the molecule is CCCc1cc(NC(C)CC)cc2cc[nH]c12. The molecule has 2 nitrogen and oxygen atoms in total. The van der Waals surface area contributed by atoms with Crippen LogP contribution in [0.25, 0.3) is 10.9 Å². The van der Waals surface area contributed by atoms with Crippen LogP contribution in [0.1, 0.15) is 39.2 Å². The first-order chi connectivity index (χ1) is 8.24. The molecule has 2 heteroatoms. The summed E-state index contributed by atoms with van der Waals surface area (Å²) in [7, 11) is 0. The second-order valence-corrected chi connectivity index (χ2v) is 4.78. The minimum atomic E-state index is 0.529. The monoisotopic (exact) mass is 230 g/mol. The highest BCUT2D eigenvalue weighted by molar-refractivity contribution is 5.86. The van der Waals surface area contributed by atoms with Gasteiger partial charge in [0.05, 0.1) is 0 Å². The lowest BCUT2D eigenvalue weighted by molar-refractivity contribution is 0.764. The molecular formula is C15H22N2. The van der Waals surface area contributed by atoms with Gasteiger partial charge in [-0.3, -0.25) is 0 Å². The van der Waals surface area contributed by atoms with Crippen LogP contribution in [0, 0.1) is 0 Å². The Kier molecular flexibility index (Phi) is 3.72. The van der Waals surface area contributed by atoms with Gasteiger partial charge in [-0.15, -0.1) is 0 Å². The van der Waals surface area contributed by atoms with Crippen molar-refractivity contribution in [1.82, 2.24) is 4.98 Å². The molecule has 1 heterocycles. The Bertz CT molecular complexity index is 485. The minimum absolute atomic E-state index is 0.529. The third kappa shape index (κ3) is 2.63. The third-order valence-corrected chi connectivity index (χ3v) is 3.29. The van der Waals surface area contributed by atoms with E-state index in [0.29, 0.717) is 6.04 Å². The Labute approximate surface area is 103 Å². The van der Waals surface area contributed by atoms with Gasteiger partial charge in [0.2, 0.25) is 0 Å². The van der Waals surface area contributed by atoms with Crippen molar-refractivity contribution in [1.29, 1.82) is 0 Å². The Balaban J connectivity index is 2.36. The first kappa shape index (κ1) is 12.0. The fourth-order valence-electron chi connectivity index (χ4n) is 2.19. The lowest BCUT2D eigenvalue weighted by atomic mass is 10.1. The molecule has 1 atom stereocenters. The fourth-order valence-corrected chi connectivity index (χ4v) is 2.19. The summed E-state index contributed by atoms with van der Waals surface area (Å²) < 4.78 is 0. The lowest BCUT2D eigenvalue weighted by Gasteiger charge is -2.14. The number of aromatic nitrogens is 1. The van der Waals surface area contributed by atoms with Crippen molar-refractivity contribution in [3.05, 3.63) is 30.0 Å². The van der Waals surface area contributed by atoms with Gasteiger partial charge in [-0.05, 0) is 43.5 Å². The van der Waals surface area contributed by atoms with Crippen LogP contribution in [0.2, 0.25) is 0 Å². The Morgan fingerprint density at radius 2 is 2.12 bits per heavy atom. The van der Waals surface area contributed by atoms with E-state index < -0.39 is 0 Å². The van der Waals surface area contributed by atoms with Crippen molar-refractivity contribution >= 4 is 16.6 Å². The van der Waals surface area contributed by atoms with E-state index in [4.69, 9.17) is 0 Å². The Hall–Kier alpha value is -1.44. The van der Waals surface area contributed by atoms with Crippen LogP contribution in [-0.2, 0) is 6.42 Å². The maximum Gasteiger partial charge on any atom is 0.0487 e. The number of hydrogen-bond donors (Lipinski definition) is 2. The zero-order valence-corrected chi connectivity index (χ0v) is 11.0. The van der Waals surface area contributed by atoms with Crippen LogP contribution in [0.15, 0.2) is 24.4 Å². The van der Waals surface area contributed by atoms with E-state index >= 15 is 0 Å². The molecule has 0 amide bonds. The van der Waals surface area contributed by atoms with Crippen molar-refractivity contribution < 1.29 is 0 Å². The van der Waals surface area contributed by atoms with E-state index in [9.17, 15) is 0 Å². The molecule has 1 aromatic carbocycles. The van der Waals surface area contributed by atoms with E-state index in [1.807, 2.05) is 6.20 Å². The second-order valence-electron chi connectivity index (χ2n) is 4.78. The predicted octanol–water partition coefficient (Wildman–Crippen LogP) is 4.33. The van der Waals surface area contributed by atoms with Crippen molar-refractivity contribution in [2.75, 3.05) is 5.32 Å². The number of hydrogen-bond acceptors (Lipinski definition) is 1. The Morgan fingerprint density at radius 3 is 2.82 bits per heavy atom. The number of nitrogens with one attached hydrogen (secondary N) is 2. The zero-order chi connectivity index (χ0) is 12.3. The van der Waals surface area contributed by atoms with Crippen molar-refractivity contribution in [2.45, 2.75) is 46.1 Å².